The lowest BCUT2D eigenvalue weighted by Gasteiger charge is -2.34. The molecule has 2 aliphatic carbocycles. The number of hydrogen-bond donors (Lipinski definition) is 2. The molecular weight excluding hydrogens is 504 g/mol. The van der Waals surface area contributed by atoms with E-state index in [1.807, 2.05) is 19.9 Å². The van der Waals surface area contributed by atoms with E-state index in [2.05, 4.69) is 20.8 Å². The standard InChI is InChI=1S/C28H37F2N7O2/c1-17(2)13-24(38)34-25(18-5-4-6-18)20-14-23-33-21(16-37(23)32-15-20)26(19-7-10-28(29,30)11-8-19)35-27(39)22-9-12-31-36(22)3/h9,12,14-19,25-26H,4-8,10-11,13H2,1-3H3,(H,34,38)(H,35,39)/t25-,26+/m1/s1/i3D3. The Morgan fingerprint density at radius 3 is 2.54 bits per heavy atom. The van der Waals surface area contributed by atoms with E-state index in [0.29, 0.717) is 28.4 Å². The summed E-state index contributed by atoms with van der Waals surface area (Å²) in [5.74, 6) is -3.28. The van der Waals surface area contributed by atoms with Crippen LogP contribution in [0, 0.1) is 17.8 Å². The molecule has 0 radical (unpaired) electrons. The molecule has 3 aromatic rings. The van der Waals surface area contributed by atoms with E-state index in [1.165, 1.54) is 12.3 Å². The first-order valence-electron chi connectivity index (χ1n) is 15.2. The van der Waals surface area contributed by atoms with Crippen LogP contribution in [0.3, 0.4) is 0 Å². The summed E-state index contributed by atoms with van der Waals surface area (Å²) in [5, 5.41) is 14.4. The number of fused-ring (bicyclic) bond motifs is 1. The molecule has 0 unspecified atom stereocenters. The molecule has 3 aromatic heterocycles. The number of alkyl halides is 2. The number of aromatic nitrogens is 5. The van der Waals surface area contributed by atoms with Crippen molar-refractivity contribution in [2.75, 3.05) is 0 Å². The lowest BCUT2D eigenvalue weighted by molar-refractivity contribution is -0.123. The molecule has 3 heterocycles. The molecule has 9 nitrogen and oxygen atoms in total. The van der Waals surface area contributed by atoms with Crippen LogP contribution in [0.2, 0.25) is 0 Å². The highest BCUT2D eigenvalue weighted by Crippen LogP contribution is 2.42. The number of amides is 2. The molecule has 0 saturated heterocycles. The first-order chi connectivity index (χ1) is 19.8. The molecule has 2 fully saturated rings. The van der Waals surface area contributed by atoms with Gasteiger partial charge in [-0.05, 0) is 61.1 Å². The van der Waals surface area contributed by atoms with Crippen LogP contribution < -0.4 is 10.6 Å². The fraction of sp³-hybridized carbons (Fsp3) is 0.607. The molecule has 0 aromatic carbocycles. The van der Waals surface area contributed by atoms with Gasteiger partial charge >= 0.3 is 0 Å². The second kappa shape index (κ2) is 11.0. The van der Waals surface area contributed by atoms with Gasteiger partial charge in [0, 0.05) is 36.5 Å². The molecule has 2 aliphatic rings. The van der Waals surface area contributed by atoms with Gasteiger partial charge in [-0.1, -0.05) is 20.3 Å². The number of aryl methyl sites for hydroxylation is 1. The molecule has 0 spiro atoms. The van der Waals surface area contributed by atoms with E-state index >= 15 is 0 Å². The van der Waals surface area contributed by atoms with Crippen molar-refractivity contribution in [2.24, 2.45) is 24.7 Å². The minimum atomic E-state index is -2.77. The minimum Gasteiger partial charge on any atom is -0.349 e. The second-order valence-electron chi connectivity index (χ2n) is 11.4. The Bertz CT molecular complexity index is 1420. The van der Waals surface area contributed by atoms with Gasteiger partial charge in [0.1, 0.15) is 5.69 Å². The number of nitrogens with zero attached hydrogens (tertiary/aromatic N) is 5. The Morgan fingerprint density at radius 1 is 1.13 bits per heavy atom. The van der Waals surface area contributed by atoms with Crippen LogP contribution in [0.5, 0.6) is 0 Å². The Balaban J connectivity index is 1.45. The molecule has 39 heavy (non-hydrogen) atoms. The van der Waals surface area contributed by atoms with Crippen LogP contribution in [-0.2, 0) is 11.8 Å². The van der Waals surface area contributed by atoms with E-state index in [-0.39, 0.29) is 55.2 Å². The minimum absolute atomic E-state index is 0.0148. The van der Waals surface area contributed by atoms with Crippen molar-refractivity contribution in [3.63, 3.8) is 0 Å². The molecule has 2 amide bonds. The third-order valence-corrected chi connectivity index (χ3v) is 7.96. The number of rotatable bonds is 9. The van der Waals surface area contributed by atoms with Gasteiger partial charge < -0.3 is 10.6 Å². The molecule has 210 valence electrons. The molecule has 2 saturated carbocycles. The van der Waals surface area contributed by atoms with Crippen molar-refractivity contribution in [1.29, 1.82) is 0 Å². The maximum Gasteiger partial charge on any atom is 0.270 e. The maximum atomic E-state index is 14.0. The summed E-state index contributed by atoms with van der Waals surface area (Å²) >= 11 is 0. The topological polar surface area (TPSA) is 106 Å². The fourth-order valence-electron chi connectivity index (χ4n) is 5.60. The summed E-state index contributed by atoms with van der Waals surface area (Å²) in [5.41, 5.74) is 1.61. The van der Waals surface area contributed by atoms with Crippen molar-refractivity contribution >= 4 is 17.5 Å². The Morgan fingerprint density at radius 2 is 1.87 bits per heavy atom. The number of halogens is 2. The highest BCUT2D eigenvalue weighted by atomic mass is 19.3. The Labute approximate surface area is 231 Å². The van der Waals surface area contributed by atoms with Gasteiger partial charge in [-0.3, -0.25) is 14.3 Å². The molecular formula is C28H37F2N7O2. The van der Waals surface area contributed by atoms with E-state index in [9.17, 15) is 18.4 Å². The molecule has 5 rings (SSSR count). The summed E-state index contributed by atoms with van der Waals surface area (Å²) in [6.07, 6.45) is 7.83. The van der Waals surface area contributed by atoms with Crippen LogP contribution >= 0.6 is 0 Å². The normalized spacial score (nSPS) is 21.0. The molecule has 0 aliphatic heterocycles. The average Bonchev–Trinajstić information content (AvgIpc) is 3.53. The van der Waals surface area contributed by atoms with Crippen LogP contribution in [-0.4, -0.2) is 42.1 Å². The van der Waals surface area contributed by atoms with E-state index < -0.39 is 24.8 Å². The van der Waals surface area contributed by atoms with E-state index in [0.717, 1.165) is 24.8 Å². The van der Waals surface area contributed by atoms with Gasteiger partial charge in [-0.15, -0.1) is 0 Å². The lowest BCUT2D eigenvalue weighted by atomic mass is 9.77. The Hall–Kier alpha value is -3.37. The number of nitrogens with one attached hydrogen (secondary N) is 2. The third kappa shape index (κ3) is 6.12. The zero-order chi connectivity index (χ0) is 30.2. The van der Waals surface area contributed by atoms with Crippen molar-refractivity contribution in [2.45, 2.75) is 83.2 Å². The average molecular weight is 545 g/mol. The van der Waals surface area contributed by atoms with Crippen LogP contribution in [0.25, 0.3) is 5.65 Å². The molecule has 2 atom stereocenters. The summed E-state index contributed by atoms with van der Waals surface area (Å²) < 4.78 is 53.4. The lowest BCUT2D eigenvalue weighted by Crippen LogP contribution is -2.38. The first kappa shape index (κ1) is 23.5. The zero-order valence-corrected chi connectivity index (χ0v) is 22.2. The monoisotopic (exact) mass is 544 g/mol. The van der Waals surface area contributed by atoms with Gasteiger partial charge in [0.05, 0.1) is 30.2 Å². The van der Waals surface area contributed by atoms with Crippen molar-refractivity contribution in [1.82, 2.24) is 35.0 Å². The van der Waals surface area contributed by atoms with Crippen LogP contribution in [0.1, 0.15) is 103 Å². The van der Waals surface area contributed by atoms with Crippen molar-refractivity contribution in [3.8, 4) is 0 Å². The molecule has 0 bridgehead atoms. The number of carbonyl (C=O) groups is 2. The number of imidazole rings is 1. The highest BCUT2D eigenvalue weighted by Gasteiger charge is 2.39. The summed E-state index contributed by atoms with van der Waals surface area (Å²) in [6.45, 7) is 1.33. The van der Waals surface area contributed by atoms with Crippen LogP contribution in [0.15, 0.2) is 30.7 Å². The van der Waals surface area contributed by atoms with Gasteiger partial charge in [0.15, 0.2) is 5.65 Å². The quantitative estimate of drug-likeness (QED) is 0.404. The molecule has 11 heteroatoms. The zero-order valence-electron chi connectivity index (χ0n) is 25.2. The summed E-state index contributed by atoms with van der Waals surface area (Å²) in [6, 6.07) is 2.22. The van der Waals surface area contributed by atoms with Gasteiger partial charge in [0.25, 0.3) is 5.91 Å². The van der Waals surface area contributed by atoms with E-state index in [4.69, 9.17) is 9.10 Å². The maximum absolute atomic E-state index is 14.0. The first-order valence-corrected chi connectivity index (χ1v) is 13.7. The van der Waals surface area contributed by atoms with Crippen LogP contribution in [0.4, 0.5) is 8.78 Å². The van der Waals surface area contributed by atoms with Crippen molar-refractivity contribution in [3.05, 3.63) is 47.7 Å². The van der Waals surface area contributed by atoms with E-state index in [1.54, 1.807) is 16.9 Å². The predicted octanol–water partition coefficient (Wildman–Crippen LogP) is 4.76. The Kier molecular flexibility index (Phi) is 6.64. The number of hydrogen-bond acceptors (Lipinski definition) is 5. The fourth-order valence-corrected chi connectivity index (χ4v) is 5.60. The third-order valence-electron chi connectivity index (χ3n) is 7.96. The smallest absolute Gasteiger partial charge is 0.270 e. The highest BCUT2D eigenvalue weighted by molar-refractivity contribution is 5.92. The number of carbonyl (C=O) groups excluding carboxylic acids is 2. The largest absolute Gasteiger partial charge is 0.349 e. The SMILES string of the molecule is [2H]C([2H])([2H])n1nccc1C(=O)N[C@H](c1cn2ncc([C@H](NC(=O)CC(C)C)C3CCC3)cc2n1)C1CCC(F)(F)CC1. The molecule has 2 N–H and O–H groups in total. The second-order valence-corrected chi connectivity index (χ2v) is 11.4. The summed E-state index contributed by atoms with van der Waals surface area (Å²) in [7, 11) is 0. The van der Waals surface area contributed by atoms with Gasteiger partial charge in [0.2, 0.25) is 11.8 Å². The predicted molar refractivity (Wildman–Crippen MR) is 141 cm³/mol. The van der Waals surface area contributed by atoms with Gasteiger partial charge in [-0.2, -0.15) is 10.2 Å². The van der Waals surface area contributed by atoms with Gasteiger partial charge in [-0.25, -0.2) is 18.3 Å². The summed E-state index contributed by atoms with van der Waals surface area (Å²) in [4.78, 5) is 30.7. The van der Waals surface area contributed by atoms with Crippen molar-refractivity contribution < 1.29 is 22.5 Å².